The van der Waals surface area contributed by atoms with Gasteiger partial charge in [-0.15, -0.1) is 0 Å². The van der Waals surface area contributed by atoms with Crippen molar-refractivity contribution in [2.24, 2.45) is 0 Å². The van der Waals surface area contributed by atoms with Crippen molar-refractivity contribution in [3.8, 4) is 0 Å². The number of carbonyl (C=O) groups excluding carboxylic acids is 1. The zero-order valence-electron chi connectivity index (χ0n) is 11.7. The second-order valence-electron chi connectivity index (χ2n) is 4.69. The maximum atomic E-state index is 12.1. The number of aromatic amines is 1. The van der Waals surface area contributed by atoms with Crippen LogP contribution in [0.25, 0.3) is 0 Å². The number of carbonyl (C=O) groups is 1. The van der Waals surface area contributed by atoms with Gasteiger partial charge >= 0.3 is 0 Å². The summed E-state index contributed by atoms with van der Waals surface area (Å²) in [5.41, 5.74) is 2.96. The van der Waals surface area contributed by atoms with Crippen LogP contribution in [0.4, 0.5) is 0 Å². The number of nitrogens with one attached hydrogen (secondary N) is 2. The van der Waals surface area contributed by atoms with E-state index >= 15 is 0 Å². The molecule has 0 aromatic carbocycles. The number of imidazole rings is 1. The van der Waals surface area contributed by atoms with Crippen molar-refractivity contribution in [2.75, 3.05) is 0 Å². The molecular formula is C13H19N5O. The number of hydrogen-bond acceptors (Lipinski definition) is 3. The summed E-state index contributed by atoms with van der Waals surface area (Å²) < 4.78 is 1.85. The fourth-order valence-electron chi connectivity index (χ4n) is 2.08. The van der Waals surface area contributed by atoms with Crippen molar-refractivity contribution >= 4 is 5.91 Å². The molecule has 0 bridgehead atoms. The van der Waals surface area contributed by atoms with E-state index in [1.165, 1.54) is 0 Å². The fourth-order valence-corrected chi connectivity index (χ4v) is 2.08. The quantitative estimate of drug-likeness (QED) is 0.873. The largest absolute Gasteiger partial charge is 0.350 e. The van der Waals surface area contributed by atoms with Crippen LogP contribution in [-0.4, -0.2) is 25.7 Å². The van der Waals surface area contributed by atoms with Gasteiger partial charge in [0.15, 0.2) is 0 Å². The van der Waals surface area contributed by atoms with E-state index < -0.39 is 0 Å². The number of amides is 1. The minimum absolute atomic E-state index is 0.0268. The number of rotatable bonds is 4. The molecule has 6 heteroatoms. The summed E-state index contributed by atoms with van der Waals surface area (Å²) >= 11 is 0. The van der Waals surface area contributed by atoms with Crippen molar-refractivity contribution in [1.29, 1.82) is 0 Å². The molecule has 0 aliphatic heterocycles. The van der Waals surface area contributed by atoms with Gasteiger partial charge in [0.05, 0.1) is 5.69 Å². The van der Waals surface area contributed by atoms with Crippen LogP contribution in [0.1, 0.15) is 35.7 Å². The van der Waals surface area contributed by atoms with Gasteiger partial charge in [-0.1, -0.05) is 0 Å². The van der Waals surface area contributed by atoms with Gasteiger partial charge in [0.25, 0.3) is 0 Å². The zero-order valence-corrected chi connectivity index (χ0v) is 11.7. The normalized spacial score (nSPS) is 12.4. The molecule has 102 valence electrons. The Morgan fingerprint density at radius 1 is 1.47 bits per heavy atom. The zero-order chi connectivity index (χ0) is 14.0. The standard InChI is InChI=1S/C13H19N5O/c1-8-12(9(2)17-16-8)7-15-13(19)10(3)18-6-5-14-11(18)4/h5-6,10H,7H2,1-4H3,(H,15,19)(H,16,17). The highest BCUT2D eigenvalue weighted by atomic mass is 16.2. The Morgan fingerprint density at radius 3 is 2.74 bits per heavy atom. The summed E-state index contributed by atoms with van der Waals surface area (Å²) in [6.45, 7) is 8.11. The van der Waals surface area contributed by atoms with Gasteiger partial charge in [0.2, 0.25) is 5.91 Å². The smallest absolute Gasteiger partial charge is 0.243 e. The first-order valence-corrected chi connectivity index (χ1v) is 6.28. The molecule has 6 nitrogen and oxygen atoms in total. The molecular weight excluding hydrogens is 242 g/mol. The predicted molar refractivity (Wildman–Crippen MR) is 71.6 cm³/mol. The molecule has 0 saturated carbocycles. The molecule has 0 fully saturated rings. The maximum absolute atomic E-state index is 12.1. The van der Waals surface area contributed by atoms with Crippen molar-refractivity contribution in [2.45, 2.75) is 40.3 Å². The summed E-state index contributed by atoms with van der Waals surface area (Å²) in [6.07, 6.45) is 3.51. The minimum Gasteiger partial charge on any atom is -0.350 e. The Morgan fingerprint density at radius 2 is 2.21 bits per heavy atom. The number of aromatic nitrogens is 4. The van der Waals surface area contributed by atoms with Crippen molar-refractivity contribution < 1.29 is 4.79 Å². The summed E-state index contributed by atoms with van der Waals surface area (Å²) in [7, 11) is 0. The molecule has 2 aromatic heterocycles. The number of hydrogen-bond donors (Lipinski definition) is 2. The Labute approximate surface area is 112 Å². The maximum Gasteiger partial charge on any atom is 0.243 e. The van der Waals surface area contributed by atoms with Crippen molar-refractivity contribution in [3.63, 3.8) is 0 Å². The molecule has 2 aromatic rings. The van der Waals surface area contributed by atoms with E-state index in [0.29, 0.717) is 6.54 Å². The van der Waals surface area contributed by atoms with Crippen LogP contribution in [0, 0.1) is 20.8 Å². The highest BCUT2D eigenvalue weighted by molar-refractivity contribution is 5.80. The third-order valence-corrected chi connectivity index (χ3v) is 3.38. The second-order valence-corrected chi connectivity index (χ2v) is 4.69. The number of nitrogens with zero attached hydrogens (tertiary/aromatic N) is 3. The third kappa shape index (κ3) is 2.67. The van der Waals surface area contributed by atoms with Gasteiger partial charge in [0.1, 0.15) is 11.9 Å². The SMILES string of the molecule is Cc1n[nH]c(C)c1CNC(=O)C(C)n1ccnc1C. The summed E-state index contributed by atoms with van der Waals surface area (Å²) in [6, 6.07) is -0.269. The van der Waals surface area contributed by atoms with Crippen molar-refractivity contribution in [3.05, 3.63) is 35.2 Å². The van der Waals surface area contributed by atoms with Gasteiger partial charge in [-0.3, -0.25) is 9.89 Å². The fraction of sp³-hybridized carbons (Fsp3) is 0.462. The molecule has 0 radical (unpaired) electrons. The molecule has 1 atom stereocenters. The summed E-state index contributed by atoms with van der Waals surface area (Å²) in [5, 5.41) is 9.96. The van der Waals surface area contributed by atoms with E-state index in [-0.39, 0.29) is 11.9 Å². The molecule has 2 rings (SSSR count). The van der Waals surface area contributed by atoms with Crippen LogP contribution in [-0.2, 0) is 11.3 Å². The molecule has 0 aliphatic rings. The molecule has 0 saturated heterocycles. The van der Waals surface area contributed by atoms with Gasteiger partial charge in [-0.25, -0.2) is 4.98 Å². The highest BCUT2D eigenvalue weighted by Gasteiger charge is 2.16. The lowest BCUT2D eigenvalue weighted by atomic mass is 10.2. The molecule has 0 aliphatic carbocycles. The second kappa shape index (κ2) is 5.26. The Hall–Kier alpha value is -2.11. The Kier molecular flexibility index (Phi) is 3.69. The highest BCUT2D eigenvalue weighted by Crippen LogP contribution is 2.11. The van der Waals surface area contributed by atoms with Gasteiger partial charge in [0, 0.05) is 30.2 Å². The average molecular weight is 261 g/mol. The number of H-pyrrole nitrogens is 1. The van der Waals surface area contributed by atoms with E-state index in [4.69, 9.17) is 0 Å². The van der Waals surface area contributed by atoms with E-state index in [1.54, 1.807) is 6.20 Å². The molecule has 1 amide bonds. The van der Waals surface area contributed by atoms with Gasteiger partial charge in [-0.05, 0) is 27.7 Å². The number of aryl methyl sites for hydroxylation is 3. The van der Waals surface area contributed by atoms with E-state index in [2.05, 4.69) is 20.5 Å². The Bertz CT molecular complexity index is 564. The van der Waals surface area contributed by atoms with Crippen LogP contribution >= 0.6 is 0 Å². The van der Waals surface area contributed by atoms with Gasteiger partial charge < -0.3 is 9.88 Å². The van der Waals surface area contributed by atoms with E-state index in [0.717, 1.165) is 22.8 Å². The van der Waals surface area contributed by atoms with Crippen molar-refractivity contribution in [1.82, 2.24) is 25.1 Å². The van der Waals surface area contributed by atoms with E-state index in [9.17, 15) is 4.79 Å². The van der Waals surface area contributed by atoms with Crippen LogP contribution < -0.4 is 5.32 Å². The molecule has 1 unspecified atom stereocenters. The van der Waals surface area contributed by atoms with Crippen LogP contribution in [0.5, 0.6) is 0 Å². The van der Waals surface area contributed by atoms with Crippen LogP contribution in [0.3, 0.4) is 0 Å². The first kappa shape index (κ1) is 13.3. The van der Waals surface area contributed by atoms with Crippen LogP contribution in [0.15, 0.2) is 12.4 Å². The molecule has 2 N–H and O–H groups in total. The lowest BCUT2D eigenvalue weighted by Crippen LogP contribution is -2.31. The summed E-state index contributed by atoms with van der Waals surface area (Å²) in [5.74, 6) is 0.805. The first-order valence-electron chi connectivity index (χ1n) is 6.28. The molecule has 0 spiro atoms. The topological polar surface area (TPSA) is 75.6 Å². The van der Waals surface area contributed by atoms with Gasteiger partial charge in [-0.2, -0.15) is 5.10 Å². The average Bonchev–Trinajstić information content (AvgIpc) is 2.93. The molecule has 2 heterocycles. The third-order valence-electron chi connectivity index (χ3n) is 3.38. The summed E-state index contributed by atoms with van der Waals surface area (Å²) in [4.78, 5) is 16.2. The molecule has 19 heavy (non-hydrogen) atoms. The Balaban J connectivity index is 2.01. The van der Waals surface area contributed by atoms with E-state index in [1.807, 2.05) is 38.5 Å². The lowest BCUT2D eigenvalue weighted by molar-refractivity contribution is -0.124. The first-order chi connectivity index (χ1) is 9.00. The minimum atomic E-state index is -0.269. The monoisotopic (exact) mass is 261 g/mol. The lowest BCUT2D eigenvalue weighted by Gasteiger charge is -2.15. The van der Waals surface area contributed by atoms with Crippen LogP contribution in [0.2, 0.25) is 0 Å². The predicted octanol–water partition coefficient (Wildman–Crippen LogP) is 1.41.